The molecule has 4 atom stereocenters. The molecule has 3 fully saturated rings. The molecule has 2 saturated heterocycles. The standard InChI is InChI=1S/C32H38N4O5S/c1-20-2-7-29(41-18-24-4-3-21(11-25(24)12-33)13-35-8-9-40-26(16-35)17-37)27(10-20)28-19-42-32(34-28)36-14-22-5-6-23(15-36)30(22)31(38)39/h2-4,7,10-11,19,22-23,26,30-31,37-39H,5-6,8-9,13-18H2,1H3/t22-,23+,26?,30+. The van der Waals surface area contributed by atoms with Gasteiger partial charge in [0.1, 0.15) is 12.4 Å². The minimum atomic E-state index is -1.24. The van der Waals surface area contributed by atoms with Crippen molar-refractivity contribution in [2.24, 2.45) is 17.8 Å². The van der Waals surface area contributed by atoms with Gasteiger partial charge < -0.3 is 29.7 Å². The lowest BCUT2D eigenvalue weighted by Crippen LogP contribution is -2.46. The van der Waals surface area contributed by atoms with Crippen molar-refractivity contribution in [3.8, 4) is 23.1 Å². The molecule has 2 aliphatic heterocycles. The fourth-order valence-electron chi connectivity index (χ4n) is 6.81. The lowest BCUT2D eigenvalue weighted by Gasteiger charge is -2.38. The second-order valence-corrected chi connectivity index (χ2v) is 12.6. The number of aromatic nitrogens is 1. The van der Waals surface area contributed by atoms with Gasteiger partial charge in [-0.05, 0) is 55.4 Å². The lowest BCUT2D eigenvalue weighted by molar-refractivity contribution is -0.109. The van der Waals surface area contributed by atoms with E-state index in [9.17, 15) is 20.6 Å². The summed E-state index contributed by atoms with van der Waals surface area (Å²) in [5, 5.41) is 42.1. The van der Waals surface area contributed by atoms with Crippen LogP contribution in [0.1, 0.15) is 35.1 Å². The quantitative estimate of drug-likeness (QED) is 0.321. The van der Waals surface area contributed by atoms with Crippen LogP contribution < -0.4 is 9.64 Å². The predicted molar refractivity (Wildman–Crippen MR) is 160 cm³/mol. The van der Waals surface area contributed by atoms with E-state index in [4.69, 9.17) is 14.5 Å². The highest BCUT2D eigenvalue weighted by Crippen LogP contribution is 2.45. The molecule has 2 aromatic carbocycles. The summed E-state index contributed by atoms with van der Waals surface area (Å²) in [6.07, 6.45) is 0.647. The van der Waals surface area contributed by atoms with Gasteiger partial charge in [0.15, 0.2) is 11.4 Å². The average molecular weight is 591 g/mol. The van der Waals surface area contributed by atoms with Crippen LogP contribution in [0.2, 0.25) is 0 Å². The molecular weight excluding hydrogens is 552 g/mol. The van der Waals surface area contributed by atoms with E-state index in [-0.39, 0.29) is 37.1 Å². The molecule has 3 heterocycles. The Morgan fingerprint density at radius 3 is 2.69 bits per heavy atom. The van der Waals surface area contributed by atoms with Gasteiger partial charge in [-0.25, -0.2) is 4.98 Å². The highest BCUT2D eigenvalue weighted by atomic mass is 32.1. The number of nitriles is 1. The van der Waals surface area contributed by atoms with Gasteiger partial charge in [0, 0.05) is 55.1 Å². The molecule has 1 unspecified atom stereocenters. The summed E-state index contributed by atoms with van der Waals surface area (Å²) in [4.78, 5) is 9.53. The first kappa shape index (κ1) is 29.1. The number of rotatable bonds is 9. The molecule has 3 aliphatic rings. The first-order valence-corrected chi connectivity index (χ1v) is 15.6. The number of nitrogens with zero attached hydrogens (tertiary/aromatic N) is 4. The average Bonchev–Trinajstić information content (AvgIpc) is 3.59. The van der Waals surface area contributed by atoms with Crippen LogP contribution in [0, 0.1) is 36.0 Å². The number of aliphatic hydroxyl groups is 3. The van der Waals surface area contributed by atoms with Crippen LogP contribution in [0.3, 0.4) is 0 Å². The number of ether oxygens (including phenoxy) is 2. The molecule has 1 aromatic heterocycles. The summed E-state index contributed by atoms with van der Waals surface area (Å²) >= 11 is 1.61. The molecule has 0 spiro atoms. The van der Waals surface area contributed by atoms with Crippen molar-refractivity contribution < 1.29 is 24.8 Å². The van der Waals surface area contributed by atoms with E-state index in [1.807, 2.05) is 37.3 Å². The van der Waals surface area contributed by atoms with E-state index in [1.165, 1.54) is 0 Å². The largest absolute Gasteiger partial charge is 0.488 e. The van der Waals surface area contributed by atoms with Crippen molar-refractivity contribution >= 4 is 16.5 Å². The zero-order chi connectivity index (χ0) is 29.2. The Bertz CT molecular complexity index is 1420. The van der Waals surface area contributed by atoms with Crippen molar-refractivity contribution in [2.75, 3.05) is 44.3 Å². The van der Waals surface area contributed by atoms with Crippen LogP contribution in [-0.4, -0.2) is 77.0 Å². The Morgan fingerprint density at radius 1 is 1.14 bits per heavy atom. The van der Waals surface area contributed by atoms with E-state index in [1.54, 1.807) is 11.3 Å². The normalized spacial score (nSPS) is 24.2. The smallest absolute Gasteiger partial charge is 0.185 e. The number of piperidine rings is 1. The summed E-state index contributed by atoms with van der Waals surface area (Å²) in [5.41, 5.74) is 5.35. The summed E-state index contributed by atoms with van der Waals surface area (Å²) in [6, 6.07) is 14.3. The van der Waals surface area contributed by atoms with E-state index < -0.39 is 6.29 Å². The fourth-order valence-corrected chi connectivity index (χ4v) is 7.66. The predicted octanol–water partition coefficient (Wildman–Crippen LogP) is 3.54. The second-order valence-electron chi connectivity index (χ2n) is 11.8. The molecule has 3 N–H and O–H groups in total. The van der Waals surface area contributed by atoms with Crippen molar-refractivity contribution in [1.82, 2.24) is 9.88 Å². The van der Waals surface area contributed by atoms with Crippen LogP contribution in [0.5, 0.6) is 5.75 Å². The number of benzene rings is 2. The lowest BCUT2D eigenvalue weighted by atomic mass is 9.85. The van der Waals surface area contributed by atoms with Crippen LogP contribution in [0.4, 0.5) is 5.13 Å². The second kappa shape index (κ2) is 12.7. The number of morpholine rings is 1. The SMILES string of the molecule is Cc1ccc(OCc2ccc(CN3CCOC(CO)C3)cc2C#N)c(-c2csc(N3C[C@H]4CC[C@@H](C3)[C@H]4C(O)O)n2)c1. The minimum Gasteiger partial charge on any atom is -0.488 e. The van der Waals surface area contributed by atoms with Gasteiger partial charge in [0.25, 0.3) is 0 Å². The third-order valence-corrected chi connectivity index (χ3v) is 9.84. The molecule has 1 saturated carbocycles. The molecule has 9 nitrogen and oxygen atoms in total. The molecule has 1 aliphatic carbocycles. The van der Waals surface area contributed by atoms with Gasteiger partial charge in [0.2, 0.25) is 0 Å². The number of thiazole rings is 1. The Kier molecular flexibility index (Phi) is 8.77. The number of fused-ring (bicyclic) bond motifs is 2. The van der Waals surface area contributed by atoms with Crippen LogP contribution in [-0.2, 0) is 17.9 Å². The van der Waals surface area contributed by atoms with E-state index >= 15 is 0 Å². The molecule has 10 heteroatoms. The van der Waals surface area contributed by atoms with Crippen LogP contribution in [0.15, 0.2) is 41.8 Å². The maximum absolute atomic E-state index is 9.90. The first-order chi connectivity index (χ1) is 20.4. The van der Waals surface area contributed by atoms with Crippen LogP contribution >= 0.6 is 11.3 Å². The molecule has 0 amide bonds. The summed E-state index contributed by atoms with van der Waals surface area (Å²) in [7, 11) is 0. The van der Waals surface area contributed by atoms with Gasteiger partial charge >= 0.3 is 0 Å². The Morgan fingerprint density at radius 2 is 1.95 bits per heavy atom. The van der Waals surface area contributed by atoms with Gasteiger partial charge in [-0.2, -0.15) is 5.26 Å². The van der Waals surface area contributed by atoms with Crippen molar-refractivity contribution in [3.05, 3.63) is 64.0 Å². The van der Waals surface area contributed by atoms with E-state index in [2.05, 4.69) is 27.3 Å². The van der Waals surface area contributed by atoms with Crippen LogP contribution in [0.25, 0.3) is 11.3 Å². The van der Waals surface area contributed by atoms with E-state index in [0.717, 1.165) is 71.3 Å². The Balaban J connectivity index is 1.15. The highest BCUT2D eigenvalue weighted by Gasteiger charge is 2.45. The topological polar surface area (TPSA) is 122 Å². The number of aryl methyl sites for hydroxylation is 1. The molecule has 3 aromatic rings. The number of anilines is 1. The Labute approximate surface area is 250 Å². The molecule has 222 valence electrons. The van der Waals surface area contributed by atoms with Crippen molar-refractivity contribution in [2.45, 2.75) is 45.3 Å². The van der Waals surface area contributed by atoms with E-state index in [0.29, 0.717) is 25.3 Å². The van der Waals surface area contributed by atoms with Gasteiger partial charge in [-0.15, -0.1) is 11.3 Å². The molecule has 0 radical (unpaired) electrons. The minimum absolute atomic E-state index is 0.00861. The maximum Gasteiger partial charge on any atom is 0.185 e. The molecular formula is C32H38N4O5S. The maximum atomic E-state index is 9.90. The summed E-state index contributed by atoms with van der Waals surface area (Å²) in [5.74, 6) is 1.24. The summed E-state index contributed by atoms with van der Waals surface area (Å²) < 4.78 is 11.9. The molecule has 42 heavy (non-hydrogen) atoms. The first-order valence-electron chi connectivity index (χ1n) is 14.7. The van der Waals surface area contributed by atoms with Gasteiger partial charge in [0.05, 0.1) is 36.6 Å². The Hall–Kier alpha value is -3.04. The monoisotopic (exact) mass is 590 g/mol. The zero-order valence-electron chi connectivity index (χ0n) is 23.9. The highest BCUT2D eigenvalue weighted by molar-refractivity contribution is 7.14. The zero-order valence-corrected chi connectivity index (χ0v) is 24.7. The molecule has 2 bridgehead atoms. The van der Waals surface area contributed by atoms with Gasteiger partial charge in [-0.1, -0.05) is 23.8 Å². The van der Waals surface area contributed by atoms with Gasteiger partial charge in [-0.3, -0.25) is 4.90 Å². The summed E-state index contributed by atoms with van der Waals surface area (Å²) in [6.45, 7) is 6.67. The van der Waals surface area contributed by atoms with Crippen molar-refractivity contribution in [3.63, 3.8) is 0 Å². The fraction of sp³-hybridized carbons (Fsp3) is 0.500. The number of aliphatic hydroxyl groups excluding tert-OH is 2. The number of hydrogen-bond acceptors (Lipinski definition) is 10. The third-order valence-electron chi connectivity index (χ3n) is 8.94. The molecule has 6 rings (SSSR count). The third kappa shape index (κ3) is 6.18. The van der Waals surface area contributed by atoms with Crippen molar-refractivity contribution in [1.29, 1.82) is 5.26 Å². The number of hydrogen-bond donors (Lipinski definition) is 3.